The maximum atomic E-state index is 14.3. The summed E-state index contributed by atoms with van der Waals surface area (Å²) >= 11 is 0. The fraction of sp³-hybridized carbons (Fsp3) is 0.457. The van der Waals surface area contributed by atoms with E-state index in [0.717, 1.165) is 54.7 Å². The Kier molecular flexibility index (Phi) is 9.43. The molecule has 1 aliphatic rings. The van der Waals surface area contributed by atoms with Crippen molar-refractivity contribution in [3.63, 3.8) is 0 Å². The van der Waals surface area contributed by atoms with Crippen LogP contribution in [0.1, 0.15) is 82.2 Å². The van der Waals surface area contributed by atoms with E-state index in [1.807, 2.05) is 6.07 Å². The lowest BCUT2D eigenvalue weighted by Crippen LogP contribution is -2.45. The van der Waals surface area contributed by atoms with E-state index in [1.54, 1.807) is 6.07 Å². The summed E-state index contributed by atoms with van der Waals surface area (Å²) in [4.78, 5) is 15.4. The highest BCUT2D eigenvalue weighted by Crippen LogP contribution is 2.40. The van der Waals surface area contributed by atoms with Crippen molar-refractivity contribution < 1.29 is 14.3 Å². The van der Waals surface area contributed by atoms with Gasteiger partial charge in [0.15, 0.2) is 0 Å². The molecule has 0 bridgehead atoms. The van der Waals surface area contributed by atoms with E-state index in [0.29, 0.717) is 24.3 Å². The van der Waals surface area contributed by atoms with Crippen molar-refractivity contribution in [3.8, 4) is 5.75 Å². The number of amides is 2. The van der Waals surface area contributed by atoms with Gasteiger partial charge in [0.2, 0.25) is 0 Å². The molecule has 6 heteroatoms. The number of nitrogens with zero attached hydrogens (tertiary/aromatic N) is 1. The minimum absolute atomic E-state index is 0.106. The van der Waals surface area contributed by atoms with E-state index >= 15 is 0 Å². The van der Waals surface area contributed by atoms with Crippen LogP contribution in [0.5, 0.6) is 5.75 Å². The van der Waals surface area contributed by atoms with Gasteiger partial charge in [0, 0.05) is 31.4 Å². The number of hydrogen-bond donors (Lipinski definition) is 3. The molecule has 1 aliphatic heterocycles. The highest BCUT2D eigenvalue weighted by Gasteiger charge is 2.27. The number of piperidine rings is 1. The Morgan fingerprint density at radius 3 is 2.07 bits per heavy atom. The molecule has 0 aromatic heterocycles. The average Bonchev–Trinajstić information content (AvgIpc) is 2.90. The molecule has 5 nitrogen and oxygen atoms in total. The third-order valence-corrected chi connectivity index (χ3v) is 7.96. The van der Waals surface area contributed by atoms with Crippen LogP contribution in [0.15, 0.2) is 60.7 Å². The van der Waals surface area contributed by atoms with Crippen LogP contribution in [0.2, 0.25) is 0 Å². The lowest BCUT2D eigenvalue weighted by Gasteiger charge is -2.32. The van der Waals surface area contributed by atoms with E-state index in [9.17, 15) is 14.3 Å². The molecule has 2 amide bonds. The molecule has 0 atom stereocenters. The molecule has 3 aromatic rings. The van der Waals surface area contributed by atoms with Crippen LogP contribution in [0.25, 0.3) is 0 Å². The first kappa shape index (κ1) is 30.6. The second-order valence-corrected chi connectivity index (χ2v) is 13.5. The van der Waals surface area contributed by atoms with E-state index in [1.165, 1.54) is 17.7 Å². The van der Waals surface area contributed by atoms with Gasteiger partial charge < -0.3 is 15.7 Å². The van der Waals surface area contributed by atoms with Gasteiger partial charge in [0.05, 0.1) is 0 Å². The third-order valence-electron chi connectivity index (χ3n) is 7.96. The van der Waals surface area contributed by atoms with Gasteiger partial charge in [-0.25, -0.2) is 9.18 Å². The fourth-order valence-corrected chi connectivity index (χ4v) is 5.57. The number of rotatable bonds is 7. The van der Waals surface area contributed by atoms with Gasteiger partial charge in [-0.15, -0.1) is 0 Å². The van der Waals surface area contributed by atoms with Crippen molar-refractivity contribution in [2.24, 2.45) is 0 Å². The predicted octanol–water partition coefficient (Wildman–Crippen LogP) is 7.70. The summed E-state index contributed by atoms with van der Waals surface area (Å²) in [5.41, 5.74) is 5.13. The van der Waals surface area contributed by atoms with Crippen molar-refractivity contribution in [3.05, 3.63) is 94.3 Å². The molecule has 3 N–H and O–H groups in total. The topological polar surface area (TPSA) is 64.6 Å². The zero-order valence-corrected chi connectivity index (χ0v) is 25.5. The lowest BCUT2D eigenvalue weighted by molar-refractivity contribution is 0.190. The Morgan fingerprint density at radius 2 is 1.49 bits per heavy atom. The first-order valence-corrected chi connectivity index (χ1v) is 14.8. The van der Waals surface area contributed by atoms with Crippen molar-refractivity contribution in [1.29, 1.82) is 0 Å². The summed E-state index contributed by atoms with van der Waals surface area (Å²) in [7, 11) is 0. The van der Waals surface area contributed by atoms with Crippen LogP contribution >= 0.6 is 0 Å². The number of likely N-dealkylation sites (tertiary alicyclic amines) is 1. The summed E-state index contributed by atoms with van der Waals surface area (Å²) < 4.78 is 14.3. The van der Waals surface area contributed by atoms with E-state index in [-0.39, 0.29) is 28.7 Å². The van der Waals surface area contributed by atoms with Gasteiger partial charge in [-0.2, -0.15) is 0 Å². The largest absolute Gasteiger partial charge is 0.507 e. The Hall–Kier alpha value is -3.38. The molecular formula is C35H46FN3O2. The average molecular weight is 560 g/mol. The van der Waals surface area contributed by atoms with Crippen LogP contribution in [0.4, 0.5) is 14.9 Å². The molecule has 0 aliphatic carbocycles. The Labute approximate surface area is 245 Å². The highest BCUT2D eigenvalue weighted by atomic mass is 19.1. The fourth-order valence-electron chi connectivity index (χ4n) is 5.57. The number of urea groups is 1. The van der Waals surface area contributed by atoms with E-state index < -0.39 is 0 Å². The summed E-state index contributed by atoms with van der Waals surface area (Å²) in [6.07, 6.45) is 3.00. The highest BCUT2D eigenvalue weighted by molar-refractivity contribution is 5.90. The second kappa shape index (κ2) is 12.6. The SMILES string of the molecule is CC(C)(C)c1cc(CCc2cc(F)ccc2NC(=O)NC2CCN(Cc3ccccc3)CC2)cc(C(C)(C)C)c1O. The van der Waals surface area contributed by atoms with E-state index in [2.05, 4.69) is 93.5 Å². The smallest absolute Gasteiger partial charge is 0.319 e. The number of carbonyl (C=O) groups is 1. The van der Waals surface area contributed by atoms with Crippen molar-refractivity contribution in [2.75, 3.05) is 18.4 Å². The minimum Gasteiger partial charge on any atom is -0.507 e. The van der Waals surface area contributed by atoms with E-state index in [4.69, 9.17) is 0 Å². The second-order valence-electron chi connectivity index (χ2n) is 13.5. The van der Waals surface area contributed by atoms with Gasteiger partial charge in [-0.1, -0.05) is 84.0 Å². The Bertz CT molecular complexity index is 1300. The number of anilines is 1. The molecule has 0 radical (unpaired) electrons. The molecule has 0 spiro atoms. The molecule has 41 heavy (non-hydrogen) atoms. The van der Waals surface area contributed by atoms with Crippen molar-refractivity contribution in [1.82, 2.24) is 10.2 Å². The van der Waals surface area contributed by atoms with Crippen molar-refractivity contribution >= 4 is 11.7 Å². The summed E-state index contributed by atoms with van der Waals surface area (Å²) in [6.45, 7) is 15.4. The summed E-state index contributed by atoms with van der Waals surface area (Å²) in [6, 6.07) is 19.0. The summed E-state index contributed by atoms with van der Waals surface area (Å²) in [5.74, 6) is 0.0256. The van der Waals surface area contributed by atoms with Crippen LogP contribution in [-0.4, -0.2) is 35.2 Å². The van der Waals surface area contributed by atoms with Crippen molar-refractivity contribution in [2.45, 2.75) is 90.6 Å². The zero-order valence-electron chi connectivity index (χ0n) is 25.5. The number of aromatic hydroxyl groups is 1. The standard InChI is InChI=1S/C35H46FN3O2/c1-34(2,3)29-20-25(21-30(32(29)40)35(4,5)6)12-13-26-22-27(36)14-15-31(26)38-33(41)37-28-16-18-39(19-17-28)23-24-10-8-7-9-11-24/h7-11,14-15,20-22,28,40H,12-13,16-19,23H2,1-6H3,(H2,37,38,41). The molecule has 1 fully saturated rings. The molecule has 1 saturated heterocycles. The van der Waals surface area contributed by atoms with Crippen LogP contribution < -0.4 is 10.6 Å². The minimum atomic E-state index is -0.326. The van der Waals surface area contributed by atoms with Crippen LogP contribution in [-0.2, 0) is 30.2 Å². The predicted molar refractivity (Wildman–Crippen MR) is 166 cm³/mol. The number of benzene rings is 3. The monoisotopic (exact) mass is 559 g/mol. The van der Waals surface area contributed by atoms with Crippen LogP contribution in [0.3, 0.4) is 0 Å². The van der Waals surface area contributed by atoms with Gasteiger partial charge in [0.1, 0.15) is 11.6 Å². The molecule has 0 saturated carbocycles. The number of phenolic OH excluding ortho intramolecular Hbond substituents is 1. The van der Waals surface area contributed by atoms with Gasteiger partial charge in [-0.3, -0.25) is 4.90 Å². The zero-order chi connectivity index (χ0) is 29.8. The Morgan fingerprint density at radius 1 is 0.878 bits per heavy atom. The number of hydrogen-bond acceptors (Lipinski definition) is 3. The number of halogens is 1. The number of aryl methyl sites for hydroxylation is 2. The number of nitrogens with one attached hydrogen (secondary N) is 2. The first-order valence-electron chi connectivity index (χ1n) is 14.8. The quantitative estimate of drug-likeness (QED) is 0.278. The lowest BCUT2D eigenvalue weighted by atomic mass is 9.78. The molecule has 0 unspecified atom stereocenters. The van der Waals surface area contributed by atoms with Gasteiger partial charge in [-0.05, 0) is 82.5 Å². The summed E-state index contributed by atoms with van der Waals surface area (Å²) in [5, 5.41) is 17.2. The molecule has 220 valence electrons. The Balaban J connectivity index is 1.40. The first-order chi connectivity index (χ1) is 19.3. The molecule has 4 rings (SSSR count). The number of carbonyl (C=O) groups excluding carboxylic acids is 1. The normalized spacial score (nSPS) is 15.1. The van der Waals surface area contributed by atoms with Gasteiger partial charge in [0.25, 0.3) is 0 Å². The van der Waals surface area contributed by atoms with Gasteiger partial charge >= 0.3 is 6.03 Å². The molecule has 1 heterocycles. The molecule has 3 aromatic carbocycles. The maximum absolute atomic E-state index is 14.3. The maximum Gasteiger partial charge on any atom is 0.319 e. The number of phenols is 1. The van der Waals surface area contributed by atoms with Crippen LogP contribution in [0, 0.1) is 5.82 Å². The molecular weight excluding hydrogens is 513 g/mol. The third kappa shape index (κ3) is 8.32.